The molecule has 2 N–H and O–H groups in total. The maximum atomic E-state index is 13.7. The first-order valence-electron chi connectivity index (χ1n) is 12.0. The molecule has 0 radical (unpaired) electrons. The number of fused-ring (bicyclic) bond motifs is 1. The highest BCUT2D eigenvalue weighted by molar-refractivity contribution is 6.08. The van der Waals surface area contributed by atoms with E-state index in [-0.39, 0.29) is 17.3 Å². The molecule has 182 valence electrons. The van der Waals surface area contributed by atoms with Gasteiger partial charge in [0.2, 0.25) is 0 Å². The number of aromatic nitrogens is 5. The van der Waals surface area contributed by atoms with Crippen molar-refractivity contribution in [2.24, 2.45) is 0 Å². The molecule has 1 saturated heterocycles. The van der Waals surface area contributed by atoms with E-state index in [4.69, 9.17) is 0 Å². The Bertz CT molecular complexity index is 1150. The van der Waals surface area contributed by atoms with Crippen LogP contribution < -0.4 is 10.6 Å². The molecule has 3 aromatic heterocycles. The number of carbonyl (C=O) groups is 1. The largest absolute Gasteiger partial charge is 0.367 e. The predicted molar refractivity (Wildman–Crippen MR) is 124 cm³/mol. The van der Waals surface area contributed by atoms with Crippen LogP contribution in [0.3, 0.4) is 0 Å². The van der Waals surface area contributed by atoms with Crippen LogP contribution in [0.5, 0.6) is 0 Å². The first-order valence-corrected chi connectivity index (χ1v) is 12.0. The number of carbonyl (C=O) groups excluding carboxylic acids is 1. The number of amides is 1. The smallest absolute Gasteiger partial charge is 0.284 e. The van der Waals surface area contributed by atoms with Crippen molar-refractivity contribution in [3.05, 3.63) is 35.9 Å². The summed E-state index contributed by atoms with van der Waals surface area (Å²) in [7, 11) is 2.04. The Balaban J connectivity index is 1.36. The van der Waals surface area contributed by atoms with Gasteiger partial charge in [0.25, 0.3) is 12.3 Å². The van der Waals surface area contributed by atoms with E-state index in [1.54, 1.807) is 10.9 Å². The predicted octanol–water partition coefficient (Wildman–Crippen LogP) is 4.13. The number of hydrogen-bond acceptors (Lipinski definition) is 6. The second-order valence-electron chi connectivity index (χ2n) is 9.32. The van der Waals surface area contributed by atoms with E-state index < -0.39 is 18.0 Å². The fourth-order valence-electron chi connectivity index (χ4n) is 4.86. The summed E-state index contributed by atoms with van der Waals surface area (Å²) in [4.78, 5) is 19.9. The van der Waals surface area contributed by atoms with Crippen LogP contribution in [0, 0.1) is 0 Å². The van der Waals surface area contributed by atoms with Gasteiger partial charge in [-0.2, -0.15) is 10.2 Å². The lowest BCUT2D eigenvalue weighted by Gasteiger charge is -2.28. The van der Waals surface area contributed by atoms with Crippen LogP contribution in [0.1, 0.15) is 73.5 Å². The highest BCUT2D eigenvalue weighted by Crippen LogP contribution is 2.30. The lowest BCUT2D eigenvalue weighted by atomic mass is 9.95. The second kappa shape index (κ2) is 9.65. The van der Waals surface area contributed by atoms with Gasteiger partial charge < -0.3 is 15.5 Å². The fourth-order valence-corrected chi connectivity index (χ4v) is 4.86. The zero-order chi connectivity index (χ0) is 23.7. The van der Waals surface area contributed by atoms with Crippen LogP contribution in [-0.4, -0.2) is 61.4 Å². The Labute approximate surface area is 196 Å². The molecular weight excluding hydrogens is 442 g/mol. The van der Waals surface area contributed by atoms with Crippen LogP contribution >= 0.6 is 0 Å². The van der Waals surface area contributed by atoms with Crippen molar-refractivity contribution in [3.63, 3.8) is 0 Å². The van der Waals surface area contributed by atoms with E-state index in [0.29, 0.717) is 17.5 Å². The number of piperidine rings is 1. The van der Waals surface area contributed by atoms with Gasteiger partial charge in [0, 0.05) is 18.4 Å². The molecule has 0 spiro atoms. The van der Waals surface area contributed by atoms with Gasteiger partial charge in [-0.25, -0.2) is 18.3 Å². The quantitative estimate of drug-likeness (QED) is 0.561. The van der Waals surface area contributed by atoms with Crippen LogP contribution in [0.4, 0.5) is 20.3 Å². The molecule has 0 bridgehead atoms. The molecule has 11 heteroatoms. The summed E-state index contributed by atoms with van der Waals surface area (Å²) in [6, 6.07) is 2.23. The van der Waals surface area contributed by atoms with Gasteiger partial charge in [0.15, 0.2) is 11.3 Å². The molecule has 1 saturated carbocycles. The third kappa shape index (κ3) is 4.75. The van der Waals surface area contributed by atoms with Crippen molar-refractivity contribution in [3.8, 4) is 0 Å². The van der Waals surface area contributed by atoms with E-state index in [1.807, 2.05) is 13.1 Å². The van der Waals surface area contributed by atoms with Gasteiger partial charge >= 0.3 is 0 Å². The topological polar surface area (TPSA) is 92.4 Å². The average Bonchev–Trinajstić information content (AvgIpc) is 3.44. The van der Waals surface area contributed by atoms with E-state index in [9.17, 15) is 13.6 Å². The third-order valence-electron chi connectivity index (χ3n) is 6.85. The standard InChI is InChI=1S/C23H30F2N8O/c1-31-10-7-16(8-11-31)33-14-18(20(30-33)21(24)25)28-23(34)17-13-26-32-12-9-19(29-22(17)32)27-15-5-3-2-4-6-15/h9,12-16,21H,2-8,10-11H2,1H3,(H,27,29)(H,28,34). The number of nitrogens with zero attached hydrogens (tertiary/aromatic N) is 6. The average molecular weight is 473 g/mol. The summed E-state index contributed by atoms with van der Waals surface area (Å²) in [6.07, 6.45) is 9.35. The molecule has 1 aliphatic heterocycles. The second-order valence-corrected chi connectivity index (χ2v) is 9.32. The maximum Gasteiger partial charge on any atom is 0.284 e. The molecule has 0 unspecified atom stereocenters. The Morgan fingerprint density at radius 1 is 1.15 bits per heavy atom. The van der Waals surface area contributed by atoms with E-state index in [2.05, 4.69) is 30.7 Å². The molecular formula is C23H30F2N8O. The normalized spacial score (nSPS) is 18.6. The number of hydrogen-bond donors (Lipinski definition) is 2. The summed E-state index contributed by atoms with van der Waals surface area (Å²) >= 11 is 0. The number of alkyl halides is 2. The maximum absolute atomic E-state index is 13.7. The molecule has 2 aliphatic rings. The fraction of sp³-hybridized carbons (Fsp3) is 0.565. The molecule has 1 amide bonds. The molecule has 2 fully saturated rings. The molecule has 4 heterocycles. The molecule has 0 aromatic carbocycles. The number of halogens is 2. The van der Waals surface area contributed by atoms with Crippen molar-refractivity contribution in [1.82, 2.24) is 29.3 Å². The van der Waals surface area contributed by atoms with Crippen LogP contribution in [-0.2, 0) is 0 Å². The zero-order valence-electron chi connectivity index (χ0n) is 19.3. The third-order valence-corrected chi connectivity index (χ3v) is 6.85. The Morgan fingerprint density at radius 3 is 2.65 bits per heavy atom. The van der Waals surface area contributed by atoms with Gasteiger partial charge in [-0.1, -0.05) is 19.3 Å². The Hall–Kier alpha value is -3.08. The van der Waals surface area contributed by atoms with Crippen molar-refractivity contribution in [2.45, 2.75) is 63.5 Å². The number of anilines is 2. The van der Waals surface area contributed by atoms with E-state index in [0.717, 1.165) is 38.8 Å². The molecule has 0 atom stereocenters. The number of nitrogens with one attached hydrogen (secondary N) is 2. The summed E-state index contributed by atoms with van der Waals surface area (Å²) in [6.45, 7) is 1.75. The number of rotatable bonds is 6. The lowest BCUT2D eigenvalue weighted by Crippen LogP contribution is -2.31. The van der Waals surface area contributed by atoms with Gasteiger partial charge in [0.05, 0.1) is 17.9 Å². The van der Waals surface area contributed by atoms with Crippen LogP contribution in [0.25, 0.3) is 5.65 Å². The summed E-state index contributed by atoms with van der Waals surface area (Å²) in [5.41, 5.74) is 0.199. The zero-order valence-corrected chi connectivity index (χ0v) is 19.3. The van der Waals surface area contributed by atoms with Gasteiger partial charge in [-0.15, -0.1) is 0 Å². The first kappa shape index (κ1) is 22.7. The SMILES string of the molecule is CN1CCC(n2cc(NC(=O)c3cnn4ccc(NC5CCCCC5)nc34)c(C(F)F)n2)CC1. The molecule has 9 nitrogen and oxygen atoms in total. The lowest BCUT2D eigenvalue weighted by molar-refractivity contribution is 0.102. The minimum Gasteiger partial charge on any atom is -0.367 e. The van der Waals surface area contributed by atoms with E-state index in [1.165, 1.54) is 36.2 Å². The monoisotopic (exact) mass is 472 g/mol. The molecule has 1 aliphatic carbocycles. The van der Waals surface area contributed by atoms with Gasteiger partial charge in [0.1, 0.15) is 11.4 Å². The van der Waals surface area contributed by atoms with Crippen LogP contribution in [0.2, 0.25) is 0 Å². The Morgan fingerprint density at radius 2 is 1.91 bits per heavy atom. The van der Waals surface area contributed by atoms with Crippen molar-refractivity contribution in [1.29, 1.82) is 0 Å². The summed E-state index contributed by atoms with van der Waals surface area (Å²) in [5.74, 6) is 0.138. The molecule has 34 heavy (non-hydrogen) atoms. The molecule has 5 rings (SSSR count). The summed E-state index contributed by atoms with van der Waals surface area (Å²) < 4.78 is 30.5. The van der Waals surface area contributed by atoms with E-state index >= 15 is 0 Å². The highest BCUT2D eigenvalue weighted by Gasteiger charge is 2.26. The van der Waals surface area contributed by atoms with Gasteiger partial charge in [-0.3, -0.25) is 9.48 Å². The van der Waals surface area contributed by atoms with Crippen molar-refractivity contribution >= 4 is 23.1 Å². The highest BCUT2D eigenvalue weighted by atomic mass is 19.3. The number of likely N-dealkylation sites (tertiary alicyclic amines) is 1. The Kier molecular flexibility index (Phi) is 6.44. The van der Waals surface area contributed by atoms with Crippen molar-refractivity contribution < 1.29 is 13.6 Å². The van der Waals surface area contributed by atoms with Crippen molar-refractivity contribution in [2.75, 3.05) is 30.8 Å². The first-order chi connectivity index (χ1) is 16.5. The summed E-state index contributed by atoms with van der Waals surface area (Å²) in [5, 5.41) is 14.4. The van der Waals surface area contributed by atoms with Gasteiger partial charge in [-0.05, 0) is 51.9 Å². The minimum absolute atomic E-state index is 0.0229. The minimum atomic E-state index is -2.80. The van der Waals surface area contributed by atoms with Crippen LogP contribution in [0.15, 0.2) is 24.7 Å². The molecule has 3 aromatic rings.